The standard InChI is InChI=1S/C19H20N2O4/c1-12(22)14-9-17(20-10-14)19(24)25-11-18(23)21-16-8-4-6-13-5-2-3-7-15(13)16/h2-3,5,7,9-10,16,20H,4,6,8,11H2,1H3,(H,21,23)/t16-/m1/s1. The Morgan fingerprint density at radius 1 is 1.28 bits per heavy atom. The summed E-state index contributed by atoms with van der Waals surface area (Å²) in [6, 6.07) is 9.42. The van der Waals surface area contributed by atoms with Crippen molar-refractivity contribution in [2.45, 2.75) is 32.2 Å². The molecule has 6 heteroatoms. The van der Waals surface area contributed by atoms with Gasteiger partial charge in [0.15, 0.2) is 12.4 Å². The van der Waals surface area contributed by atoms with Crippen LogP contribution in [-0.2, 0) is 16.0 Å². The predicted molar refractivity (Wildman–Crippen MR) is 91.3 cm³/mol. The van der Waals surface area contributed by atoms with E-state index in [1.807, 2.05) is 18.2 Å². The average Bonchev–Trinajstić information content (AvgIpc) is 3.10. The molecule has 25 heavy (non-hydrogen) atoms. The largest absolute Gasteiger partial charge is 0.451 e. The second-order valence-electron chi connectivity index (χ2n) is 6.15. The number of nitrogens with one attached hydrogen (secondary N) is 2. The molecule has 1 amide bonds. The van der Waals surface area contributed by atoms with Gasteiger partial charge in [-0.15, -0.1) is 0 Å². The maximum atomic E-state index is 12.1. The number of ether oxygens (including phenoxy) is 1. The van der Waals surface area contributed by atoms with Crippen LogP contribution in [0.3, 0.4) is 0 Å². The summed E-state index contributed by atoms with van der Waals surface area (Å²) >= 11 is 0. The molecule has 0 radical (unpaired) electrons. The lowest BCUT2D eigenvalue weighted by molar-refractivity contribution is -0.125. The summed E-state index contributed by atoms with van der Waals surface area (Å²) in [6.07, 6.45) is 4.34. The van der Waals surface area contributed by atoms with Crippen molar-refractivity contribution < 1.29 is 19.1 Å². The van der Waals surface area contributed by atoms with Gasteiger partial charge >= 0.3 is 5.97 Å². The lowest BCUT2D eigenvalue weighted by Gasteiger charge is -2.26. The normalized spacial score (nSPS) is 16.0. The first-order valence-corrected chi connectivity index (χ1v) is 8.28. The van der Waals surface area contributed by atoms with Gasteiger partial charge < -0.3 is 15.0 Å². The number of aromatic nitrogens is 1. The van der Waals surface area contributed by atoms with Crippen molar-refractivity contribution in [3.63, 3.8) is 0 Å². The molecule has 1 heterocycles. The van der Waals surface area contributed by atoms with E-state index < -0.39 is 5.97 Å². The maximum absolute atomic E-state index is 12.1. The van der Waals surface area contributed by atoms with Crippen LogP contribution < -0.4 is 5.32 Å². The summed E-state index contributed by atoms with van der Waals surface area (Å²) < 4.78 is 5.02. The SMILES string of the molecule is CC(=O)c1c[nH]c(C(=O)OCC(=O)N[C@@H]2CCCc3ccccc32)c1. The lowest BCUT2D eigenvalue weighted by Crippen LogP contribution is -2.34. The van der Waals surface area contributed by atoms with Crippen LogP contribution >= 0.6 is 0 Å². The molecule has 0 saturated carbocycles. The Bertz CT molecular complexity index is 809. The van der Waals surface area contributed by atoms with Crippen molar-refractivity contribution in [1.82, 2.24) is 10.3 Å². The number of aryl methyl sites for hydroxylation is 1. The van der Waals surface area contributed by atoms with Gasteiger partial charge in [-0.1, -0.05) is 24.3 Å². The molecule has 2 N–H and O–H groups in total. The molecule has 0 saturated heterocycles. The molecular formula is C19H20N2O4. The maximum Gasteiger partial charge on any atom is 0.355 e. The first-order valence-electron chi connectivity index (χ1n) is 8.28. The summed E-state index contributed by atoms with van der Waals surface area (Å²) in [6.45, 7) is 1.06. The molecule has 0 spiro atoms. The predicted octanol–water partition coefficient (Wildman–Crippen LogP) is 2.57. The van der Waals surface area contributed by atoms with E-state index in [0.29, 0.717) is 5.56 Å². The molecule has 1 aromatic heterocycles. The minimum Gasteiger partial charge on any atom is -0.451 e. The first kappa shape index (κ1) is 17.0. The summed E-state index contributed by atoms with van der Waals surface area (Å²) in [5.74, 6) is -1.15. The van der Waals surface area contributed by atoms with Gasteiger partial charge in [0.1, 0.15) is 5.69 Å². The fourth-order valence-electron chi connectivity index (χ4n) is 3.06. The summed E-state index contributed by atoms with van der Waals surface area (Å²) in [5, 5.41) is 2.92. The van der Waals surface area contributed by atoms with E-state index in [-0.39, 0.29) is 30.0 Å². The van der Waals surface area contributed by atoms with Crippen LogP contribution in [0.15, 0.2) is 36.5 Å². The average molecular weight is 340 g/mol. The Labute approximate surface area is 145 Å². The van der Waals surface area contributed by atoms with Gasteiger partial charge in [-0.2, -0.15) is 0 Å². The Hall–Kier alpha value is -2.89. The third-order valence-corrected chi connectivity index (χ3v) is 4.35. The van der Waals surface area contributed by atoms with Gasteiger partial charge in [-0.05, 0) is 43.4 Å². The Morgan fingerprint density at radius 2 is 2.08 bits per heavy atom. The zero-order valence-corrected chi connectivity index (χ0v) is 14.0. The third-order valence-electron chi connectivity index (χ3n) is 4.35. The molecule has 130 valence electrons. The number of carbonyl (C=O) groups excluding carboxylic acids is 3. The number of rotatable bonds is 5. The van der Waals surface area contributed by atoms with Crippen LogP contribution in [0.1, 0.15) is 57.8 Å². The summed E-state index contributed by atoms with van der Waals surface area (Å²) in [7, 11) is 0. The van der Waals surface area contributed by atoms with Crippen molar-refractivity contribution in [3.8, 4) is 0 Å². The monoisotopic (exact) mass is 340 g/mol. The lowest BCUT2D eigenvalue weighted by atomic mass is 9.88. The highest BCUT2D eigenvalue weighted by atomic mass is 16.5. The van der Waals surface area contributed by atoms with Gasteiger partial charge in [-0.25, -0.2) is 4.79 Å². The van der Waals surface area contributed by atoms with E-state index in [1.165, 1.54) is 24.8 Å². The number of ketones is 1. The number of H-pyrrole nitrogens is 1. The van der Waals surface area contributed by atoms with Crippen molar-refractivity contribution >= 4 is 17.7 Å². The minimum atomic E-state index is -0.660. The number of hydrogen-bond donors (Lipinski definition) is 2. The van der Waals surface area contributed by atoms with Crippen LogP contribution in [0.2, 0.25) is 0 Å². The highest BCUT2D eigenvalue weighted by molar-refractivity contribution is 5.97. The van der Waals surface area contributed by atoms with Gasteiger partial charge in [0.25, 0.3) is 5.91 Å². The number of carbonyl (C=O) groups is 3. The van der Waals surface area contributed by atoms with Crippen LogP contribution in [0.5, 0.6) is 0 Å². The Balaban J connectivity index is 1.55. The van der Waals surface area contributed by atoms with Crippen molar-refractivity contribution in [2.75, 3.05) is 6.61 Å². The fraction of sp³-hybridized carbons (Fsp3) is 0.316. The van der Waals surface area contributed by atoms with Gasteiger partial charge in [0, 0.05) is 11.8 Å². The number of benzene rings is 1. The molecule has 0 bridgehead atoms. The van der Waals surface area contributed by atoms with Crippen LogP contribution in [0.4, 0.5) is 0 Å². The Kier molecular flexibility index (Phi) is 4.97. The fourth-order valence-corrected chi connectivity index (χ4v) is 3.06. The van der Waals surface area contributed by atoms with E-state index in [9.17, 15) is 14.4 Å². The third kappa shape index (κ3) is 3.96. The molecule has 1 aliphatic carbocycles. The van der Waals surface area contributed by atoms with E-state index in [4.69, 9.17) is 4.74 Å². The highest BCUT2D eigenvalue weighted by Gasteiger charge is 2.22. The summed E-state index contributed by atoms with van der Waals surface area (Å²) in [4.78, 5) is 38.0. The zero-order valence-electron chi connectivity index (χ0n) is 14.0. The molecule has 2 aromatic rings. The quantitative estimate of drug-likeness (QED) is 0.647. The molecule has 1 aliphatic rings. The van der Waals surface area contributed by atoms with Crippen LogP contribution in [0, 0.1) is 0 Å². The Morgan fingerprint density at radius 3 is 2.84 bits per heavy atom. The molecule has 1 atom stereocenters. The number of hydrogen-bond acceptors (Lipinski definition) is 4. The summed E-state index contributed by atoms with van der Waals surface area (Å²) in [5.41, 5.74) is 2.93. The number of amides is 1. The molecule has 6 nitrogen and oxygen atoms in total. The van der Waals surface area contributed by atoms with E-state index in [1.54, 1.807) is 0 Å². The smallest absolute Gasteiger partial charge is 0.355 e. The number of fused-ring (bicyclic) bond motifs is 1. The second-order valence-corrected chi connectivity index (χ2v) is 6.15. The van der Waals surface area contributed by atoms with Crippen molar-refractivity contribution in [2.24, 2.45) is 0 Å². The number of Topliss-reactive ketones (excluding diaryl/α,β-unsaturated/α-hetero) is 1. The molecule has 1 aromatic carbocycles. The molecule has 0 fully saturated rings. The van der Waals surface area contributed by atoms with Crippen molar-refractivity contribution in [3.05, 3.63) is 58.9 Å². The first-order chi connectivity index (χ1) is 12.0. The van der Waals surface area contributed by atoms with E-state index in [0.717, 1.165) is 24.8 Å². The molecular weight excluding hydrogens is 320 g/mol. The number of aromatic amines is 1. The van der Waals surface area contributed by atoms with Gasteiger partial charge in [-0.3, -0.25) is 9.59 Å². The zero-order chi connectivity index (χ0) is 17.8. The van der Waals surface area contributed by atoms with Crippen LogP contribution in [0.25, 0.3) is 0 Å². The van der Waals surface area contributed by atoms with Gasteiger partial charge in [0.05, 0.1) is 6.04 Å². The van der Waals surface area contributed by atoms with Crippen LogP contribution in [-0.4, -0.2) is 29.3 Å². The molecule has 0 aliphatic heterocycles. The molecule has 0 unspecified atom stereocenters. The highest BCUT2D eigenvalue weighted by Crippen LogP contribution is 2.29. The van der Waals surface area contributed by atoms with E-state index >= 15 is 0 Å². The van der Waals surface area contributed by atoms with Gasteiger partial charge in [0.2, 0.25) is 0 Å². The minimum absolute atomic E-state index is 0.0500. The number of esters is 1. The topological polar surface area (TPSA) is 88.3 Å². The van der Waals surface area contributed by atoms with Crippen molar-refractivity contribution in [1.29, 1.82) is 0 Å². The molecule has 3 rings (SSSR count). The second kappa shape index (κ2) is 7.34. The van der Waals surface area contributed by atoms with E-state index in [2.05, 4.69) is 16.4 Å².